The molecule has 0 aliphatic rings. The van der Waals surface area contributed by atoms with Gasteiger partial charge in [0.15, 0.2) is 0 Å². The lowest BCUT2D eigenvalue weighted by Gasteiger charge is -2.24. The Morgan fingerprint density at radius 2 is 1.90 bits per heavy atom. The molecule has 0 aromatic heterocycles. The van der Waals surface area contributed by atoms with E-state index in [1.54, 1.807) is 7.11 Å². The molecule has 0 heterocycles. The number of hydrogen-bond donors (Lipinski definition) is 2. The standard InChI is InChI=1S/C17H29NO3/c1-12(2)18-10-13(19)11-21-16-8-7-14(20-6)9-15(16)17(3,4)5/h7-9,12-13,18-19H,10-11H2,1-6H3/p+1/t13-/m1/s1. The Balaban J connectivity index is 2.74. The van der Waals surface area contributed by atoms with Crippen molar-refractivity contribution in [1.29, 1.82) is 0 Å². The highest BCUT2D eigenvalue weighted by Crippen LogP contribution is 2.34. The highest BCUT2D eigenvalue weighted by molar-refractivity contribution is 5.44. The number of ether oxygens (including phenoxy) is 2. The third-order valence-electron chi connectivity index (χ3n) is 3.31. The van der Waals surface area contributed by atoms with Crippen molar-refractivity contribution >= 4 is 0 Å². The van der Waals surface area contributed by atoms with Crippen LogP contribution in [0.3, 0.4) is 0 Å². The largest absolute Gasteiger partial charge is 0.497 e. The molecule has 0 unspecified atom stereocenters. The number of aliphatic hydroxyl groups is 1. The summed E-state index contributed by atoms with van der Waals surface area (Å²) in [5, 5.41) is 12.1. The second-order valence-electron chi connectivity index (χ2n) is 6.79. The van der Waals surface area contributed by atoms with Crippen LogP contribution in [-0.2, 0) is 5.41 Å². The molecular formula is C17H30NO3+. The van der Waals surface area contributed by atoms with Gasteiger partial charge in [-0.25, -0.2) is 0 Å². The highest BCUT2D eigenvalue weighted by Gasteiger charge is 2.20. The lowest BCUT2D eigenvalue weighted by molar-refractivity contribution is -0.688. The predicted molar refractivity (Wildman–Crippen MR) is 85.1 cm³/mol. The third-order valence-corrected chi connectivity index (χ3v) is 3.31. The number of rotatable bonds is 7. The van der Waals surface area contributed by atoms with Gasteiger partial charge in [-0.3, -0.25) is 0 Å². The van der Waals surface area contributed by atoms with Crippen LogP contribution in [0.25, 0.3) is 0 Å². The number of quaternary nitrogens is 1. The molecule has 4 heteroatoms. The van der Waals surface area contributed by atoms with Crippen molar-refractivity contribution in [3.05, 3.63) is 23.8 Å². The van der Waals surface area contributed by atoms with E-state index >= 15 is 0 Å². The Kier molecular flexibility index (Phi) is 6.49. The topological polar surface area (TPSA) is 55.3 Å². The van der Waals surface area contributed by atoms with Crippen LogP contribution in [0.2, 0.25) is 0 Å². The molecule has 1 rings (SSSR count). The number of aliphatic hydroxyl groups excluding tert-OH is 1. The van der Waals surface area contributed by atoms with Gasteiger partial charge >= 0.3 is 0 Å². The number of methoxy groups -OCH3 is 1. The Morgan fingerprint density at radius 1 is 1.24 bits per heavy atom. The van der Waals surface area contributed by atoms with Gasteiger partial charge in [0.1, 0.15) is 30.8 Å². The fourth-order valence-electron chi connectivity index (χ4n) is 2.03. The Labute approximate surface area is 128 Å². The second-order valence-corrected chi connectivity index (χ2v) is 6.79. The molecule has 4 nitrogen and oxygen atoms in total. The summed E-state index contributed by atoms with van der Waals surface area (Å²) in [6, 6.07) is 6.28. The summed E-state index contributed by atoms with van der Waals surface area (Å²) in [6.07, 6.45) is -0.470. The molecule has 0 aliphatic heterocycles. The first-order chi connectivity index (χ1) is 9.74. The van der Waals surface area contributed by atoms with Crippen molar-refractivity contribution in [2.24, 2.45) is 0 Å². The van der Waals surface area contributed by atoms with Gasteiger partial charge in [0, 0.05) is 5.56 Å². The maximum Gasteiger partial charge on any atom is 0.137 e. The molecule has 21 heavy (non-hydrogen) atoms. The van der Waals surface area contributed by atoms with Gasteiger partial charge in [-0.2, -0.15) is 0 Å². The summed E-state index contributed by atoms with van der Waals surface area (Å²) >= 11 is 0. The van der Waals surface area contributed by atoms with E-state index in [1.807, 2.05) is 18.2 Å². The second kappa shape index (κ2) is 7.66. The van der Waals surface area contributed by atoms with E-state index < -0.39 is 6.10 Å². The molecule has 0 amide bonds. The minimum absolute atomic E-state index is 0.0428. The van der Waals surface area contributed by atoms with Crippen LogP contribution < -0.4 is 14.8 Å². The van der Waals surface area contributed by atoms with E-state index in [0.717, 1.165) is 17.1 Å². The normalized spacial score (nSPS) is 13.3. The van der Waals surface area contributed by atoms with Gasteiger partial charge in [-0.1, -0.05) is 20.8 Å². The number of hydrogen-bond acceptors (Lipinski definition) is 3. The van der Waals surface area contributed by atoms with Crippen molar-refractivity contribution in [3.8, 4) is 11.5 Å². The van der Waals surface area contributed by atoms with Gasteiger partial charge in [-0.05, 0) is 37.5 Å². The van der Waals surface area contributed by atoms with Gasteiger partial charge in [0.25, 0.3) is 0 Å². The summed E-state index contributed by atoms with van der Waals surface area (Å²) < 4.78 is 11.1. The maximum atomic E-state index is 9.97. The van der Waals surface area contributed by atoms with Crippen LogP contribution in [0, 0.1) is 0 Å². The van der Waals surface area contributed by atoms with Crippen LogP contribution >= 0.6 is 0 Å². The fourth-order valence-corrected chi connectivity index (χ4v) is 2.03. The van der Waals surface area contributed by atoms with E-state index in [-0.39, 0.29) is 5.41 Å². The molecule has 1 aromatic rings. The van der Waals surface area contributed by atoms with Crippen LogP contribution in [0.15, 0.2) is 18.2 Å². The van der Waals surface area contributed by atoms with Gasteiger partial charge in [-0.15, -0.1) is 0 Å². The fraction of sp³-hybridized carbons (Fsp3) is 0.647. The van der Waals surface area contributed by atoms with Crippen molar-refractivity contribution in [1.82, 2.24) is 0 Å². The average molecular weight is 296 g/mol. The summed E-state index contributed by atoms with van der Waals surface area (Å²) in [5.41, 5.74) is 1.04. The summed E-state index contributed by atoms with van der Waals surface area (Å²) in [7, 11) is 1.66. The van der Waals surface area contributed by atoms with Crippen LogP contribution in [0.5, 0.6) is 11.5 Å². The molecular weight excluding hydrogens is 266 g/mol. The van der Waals surface area contributed by atoms with E-state index in [1.165, 1.54) is 0 Å². The monoisotopic (exact) mass is 296 g/mol. The first-order valence-corrected chi connectivity index (χ1v) is 7.56. The van der Waals surface area contributed by atoms with Gasteiger partial charge < -0.3 is 19.9 Å². The maximum absolute atomic E-state index is 9.97. The lowest BCUT2D eigenvalue weighted by atomic mass is 9.86. The summed E-state index contributed by atoms with van der Waals surface area (Å²) in [6.45, 7) is 11.6. The van der Waals surface area contributed by atoms with E-state index in [4.69, 9.17) is 9.47 Å². The molecule has 1 atom stereocenters. The van der Waals surface area contributed by atoms with Crippen molar-refractivity contribution in [2.75, 3.05) is 20.3 Å². The Bertz CT molecular complexity index is 438. The molecule has 0 saturated heterocycles. The zero-order valence-electron chi connectivity index (χ0n) is 14.1. The first kappa shape index (κ1) is 17.8. The quantitative estimate of drug-likeness (QED) is 0.805. The molecule has 0 bridgehead atoms. The van der Waals surface area contributed by atoms with Crippen molar-refractivity contribution in [2.45, 2.75) is 52.2 Å². The van der Waals surface area contributed by atoms with Crippen molar-refractivity contribution < 1.29 is 19.9 Å². The summed E-state index contributed by atoms with van der Waals surface area (Å²) in [4.78, 5) is 0. The molecule has 120 valence electrons. The highest BCUT2D eigenvalue weighted by atomic mass is 16.5. The molecule has 3 N–H and O–H groups in total. The Morgan fingerprint density at radius 3 is 2.43 bits per heavy atom. The third kappa shape index (κ3) is 5.94. The first-order valence-electron chi connectivity index (χ1n) is 7.56. The SMILES string of the molecule is COc1ccc(OC[C@H](O)C[NH2+]C(C)C)c(C(C)(C)C)c1. The van der Waals surface area contributed by atoms with E-state index in [9.17, 15) is 5.11 Å². The van der Waals surface area contributed by atoms with Crippen LogP contribution in [-0.4, -0.2) is 37.5 Å². The molecule has 1 aromatic carbocycles. The van der Waals surface area contributed by atoms with Crippen LogP contribution in [0.4, 0.5) is 0 Å². The zero-order valence-corrected chi connectivity index (χ0v) is 14.1. The van der Waals surface area contributed by atoms with E-state index in [2.05, 4.69) is 39.9 Å². The molecule has 0 spiro atoms. The Hall–Kier alpha value is -1.26. The van der Waals surface area contributed by atoms with E-state index in [0.29, 0.717) is 19.2 Å². The van der Waals surface area contributed by atoms with Gasteiger partial charge in [0.2, 0.25) is 0 Å². The predicted octanol–water partition coefficient (Wildman–Crippen LogP) is 1.70. The zero-order chi connectivity index (χ0) is 16.0. The van der Waals surface area contributed by atoms with Gasteiger partial charge in [0.05, 0.1) is 13.2 Å². The lowest BCUT2D eigenvalue weighted by Crippen LogP contribution is -2.90. The molecule has 0 fully saturated rings. The molecule has 0 radical (unpaired) electrons. The average Bonchev–Trinajstić information content (AvgIpc) is 2.41. The minimum atomic E-state index is -0.470. The van der Waals surface area contributed by atoms with Crippen molar-refractivity contribution in [3.63, 3.8) is 0 Å². The van der Waals surface area contributed by atoms with Crippen LogP contribution in [0.1, 0.15) is 40.2 Å². The number of nitrogens with two attached hydrogens (primary N) is 1. The summed E-state index contributed by atoms with van der Waals surface area (Å²) in [5.74, 6) is 1.63. The smallest absolute Gasteiger partial charge is 0.137 e. The number of benzene rings is 1. The molecule has 0 saturated carbocycles. The minimum Gasteiger partial charge on any atom is -0.497 e. The molecule has 0 aliphatic carbocycles.